The number of hydrogen-bond acceptors (Lipinski definition) is 6. The topological polar surface area (TPSA) is 84.0 Å². The summed E-state index contributed by atoms with van der Waals surface area (Å²) in [6.07, 6.45) is 0.783. The predicted molar refractivity (Wildman–Crippen MR) is 97.7 cm³/mol. The predicted octanol–water partition coefficient (Wildman–Crippen LogP) is 2.97. The zero-order valence-corrected chi connectivity index (χ0v) is 15.5. The monoisotopic (exact) mass is 364 g/mol. The van der Waals surface area contributed by atoms with Gasteiger partial charge in [0.25, 0.3) is 5.91 Å². The molecule has 0 saturated heterocycles. The summed E-state index contributed by atoms with van der Waals surface area (Å²) < 4.78 is 0. The van der Waals surface area contributed by atoms with Crippen molar-refractivity contribution in [2.45, 2.75) is 38.1 Å². The largest absolute Gasteiger partial charge is 0.353 e. The fourth-order valence-corrected chi connectivity index (χ4v) is 3.43. The quantitative estimate of drug-likeness (QED) is 0.738. The number of carbonyl (C=O) groups excluding carboxylic acids is 2. The zero-order chi connectivity index (χ0) is 17.5. The number of benzene rings is 1. The van der Waals surface area contributed by atoms with Crippen molar-refractivity contribution < 1.29 is 9.59 Å². The fraction of sp³-hybridized carbons (Fsp3) is 0.375. The van der Waals surface area contributed by atoms with Crippen LogP contribution < -0.4 is 10.6 Å². The van der Waals surface area contributed by atoms with Crippen molar-refractivity contribution in [2.24, 2.45) is 0 Å². The molecular formula is C16H20N4O2S2. The summed E-state index contributed by atoms with van der Waals surface area (Å²) in [4.78, 5) is 25.0. The summed E-state index contributed by atoms with van der Waals surface area (Å²) in [5.41, 5.74) is 0.521. The molecule has 8 heteroatoms. The highest BCUT2D eigenvalue weighted by Crippen LogP contribution is 2.24. The van der Waals surface area contributed by atoms with Crippen LogP contribution in [0, 0.1) is 0 Å². The molecule has 6 nitrogen and oxygen atoms in total. The molecule has 2 amide bonds. The number of aryl methyl sites for hydroxylation is 1. The van der Waals surface area contributed by atoms with E-state index in [4.69, 9.17) is 0 Å². The summed E-state index contributed by atoms with van der Waals surface area (Å²) >= 11 is 2.70. The van der Waals surface area contributed by atoms with E-state index >= 15 is 0 Å². The van der Waals surface area contributed by atoms with Crippen LogP contribution in [0.5, 0.6) is 0 Å². The van der Waals surface area contributed by atoms with Gasteiger partial charge in [0.2, 0.25) is 11.0 Å². The second-order valence-corrected chi connectivity index (χ2v) is 7.39. The molecule has 2 N–H and O–H groups in total. The Hall–Kier alpha value is -1.93. The molecule has 0 atom stereocenters. The Morgan fingerprint density at radius 3 is 2.67 bits per heavy atom. The van der Waals surface area contributed by atoms with Crippen LogP contribution in [-0.2, 0) is 11.2 Å². The second-order valence-electron chi connectivity index (χ2n) is 5.32. The number of hydrogen-bond donors (Lipinski definition) is 2. The Labute approximate surface area is 149 Å². The molecule has 2 aromatic rings. The van der Waals surface area contributed by atoms with Gasteiger partial charge >= 0.3 is 0 Å². The maximum Gasteiger partial charge on any atom is 0.258 e. The lowest BCUT2D eigenvalue weighted by molar-refractivity contribution is -0.119. The van der Waals surface area contributed by atoms with Crippen LogP contribution in [0.15, 0.2) is 29.2 Å². The minimum Gasteiger partial charge on any atom is -0.353 e. The molecule has 1 heterocycles. The minimum atomic E-state index is -0.249. The summed E-state index contributed by atoms with van der Waals surface area (Å²) in [6, 6.07) is 7.31. The highest BCUT2D eigenvalue weighted by Gasteiger charge is 2.15. The van der Waals surface area contributed by atoms with E-state index in [1.807, 2.05) is 32.9 Å². The van der Waals surface area contributed by atoms with Gasteiger partial charge in [0.1, 0.15) is 5.01 Å². The summed E-state index contributed by atoms with van der Waals surface area (Å²) in [5, 5.41) is 14.9. The number of carbonyl (C=O) groups is 2. The van der Waals surface area contributed by atoms with E-state index < -0.39 is 0 Å². The van der Waals surface area contributed by atoms with Gasteiger partial charge in [-0.15, -0.1) is 22.0 Å². The number of thioether (sulfide) groups is 1. The number of nitrogens with zero attached hydrogens (tertiary/aromatic N) is 2. The van der Waals surface area contributed by atoms with E-state index in [0.717, 1.165) is 16.3 Å². The van der Waals surface area contributed by atoms with Gasteiger partial charge in [-0.1, -0.05) is 30.4 Å². The molecule has 0 aliphatic rings. The first kappa shape index (κ1) is 18.4. The first-order valence-electron chi connectivity index (χ1n) is 7.64. The fourth-order valence-electron chi connectivity index (χ4n) is 1.90. The van der Waals surface area contributed by atoms with Gasteiger partial charge in [0, 0.05) is 10.9 Å². The minimum absolute atomic E-state index is 0.0538. The maximum absolute atomic E-state index is 12.5. The zero-order valence-electron chi connectivity index (χ0n) is 13.8. The van der Waals surface area contributed by atoms with Crippen molar-refractivity contribution in [3.05, 3.63) is 34.8 Å². The summed E-state index contributed by atoms with van der Waals surface area (Å²) in [7, 11) is 0. The molecule has 0 unspecified atom stereocenters. The molecular weight excluding hydrogens is 344 g/mol. The van der Waals surface area contributed by atoms with E-state index in [1.165, 1.54) is 23.1 Å². The van der Waals surface area contributed by atoms with Gasteiger partial charge in [0.05, 0.1) is 11.3 Å². The van der Waals surface area contributed by atoms with Crippen molar-refractivity contribution in [3.8, 4) is 0 Å². The van der Waals surface area contributed by atoms with Crippen molar-refractivity contribution >= 4 is 40.0 Å². The van der Waals surface area contributed by atoms with Crippen LogP contribution >= 0.6 is 23.1 Å². The second kappa shape index (κ2) is 8.79. The van der Waals surface area contributed by atoms with Crippen LogP contribution in [0.4, 0.5) is 5.13 Å². The number of anilines is 1. The standard InChI is InChI=1S/C16H20N4O2S2/c1-4-14-19-20-16(24-14)18-15(22)11-7-5-6-8-12(11)23-9-13(21)17-10(2)3/h5-8,10H,4,9H2,1-3H3,(H,17,21)(H,18,20,22). The Kier molecular flexibility index (Phi) is 6.74. The lowest BCUT2D eigenvalue weighted by Gasteiger charge is -2.10. The Morgan fingerprint density at radius 2 is 2.00 bits per heavy atom. The van der Waals surface area contributed by atoms with Gasteiger partial charge < -0.3 is 5.32 Å². The molecule has 0 saturated carbocycles. The number of rotatable bonds is 7. The normalized spacial score (nSPS) is 10.7. The SMILES string of the molecule is CCc1nnc(NC(=O)c2ccccc2SCC(=O)NC(C)C)s1. The third-order valence-electron chi connectivity index (χ3n) is 2.93. The van der Waals surface area contributed by atoms with E-state index in [2.05, 4.69) is 20.8 Å². The molecule has 0 fully saturated rings. The van der Waals surface area contributed by atoms with Crippen molar-refractivity contribution in [1.29, 1.82) is 0 Å². The third kappa shape index (κ3) is 5.31. The molecule has 0 radical (unpaired) electrons. The van der Waals surface area contributed by atoms with Gasteiger partial charge in [-0.25, -0.2) is 0 Å². The first-order chi connectivity index (χ1) is 11.5. The number of aromatic nitrogens is 2. The molecule has 0 aliphatic carbocycles. The summed E-state index contributed by atoms with van der Waals surface area (Å²) in [5.74, 6) is -0.0375. The average Bonchev–Trinajstić information content (AvgIpc) is 3.00. The molecule has 1 aromatic carbocycles. The Balaban J connectivity index is 2.04. The lowest BCUT2D eigenvalue weighted by atomic mass is 10.2. The van der Waals surface area contributed by atoms with Crippen molar-refractivity contribution in [3.63, 3.8) is 0 Å². The van der Waals surface area contributed by atoms with E-state index in [9.17, 15) is 9.59 Å². The molecule has 2 rings (SSSR count). The number of amides is 2. The van der Waals surface area contributed by atoms with Gasteiger partial charge in [0.15, 0.2) is 0 Å². The number of nitrogens with one attached hydrogen (secondary N) is 2. The van der Waals surface area contributed by atoms with Gasteiger partial charge in [-0.3, -0.25) is 14.9 Å². The van der Waals surface area contributed by atoms with Crippen LogP contribution in [0.25, 0.3) is 0 Å². The van der Waals surface area contributed by atoms with E-state index in [-0.39, 0.29) is 23.6 Å². The Morgan fingerprint density at radius 1 is 1.25 bits per heavy atom. The van der Waals surface area contributed by atoms with Crippen LogP contribution in [0.3, 0.4) is 0 Å². The molecule has 0 aliphatic heterocycles. The van der Waals surface area contributed by atoms with Crippen LogP contribution in [0.1, 0.15) is 36.1 Å². The van der Waals surface area contributed by atoms with E-state index in [0.29, 0.717) is 10.7 Å². The van der Waals surface area contributed by atoms with Crippen molar-refractivity contribution in [2.75, 3.05) is 11.1 Å². The first-order valence-corrected chi connectivity index (χ1v) is 9.44. The highest BCUT2D eigenvalue weighted by atomic mass is 32.2. The van der Waals surface area contributed by atoms with Crippen molar-refractivity contribution in [1.82, 2.24) is 15.5 Å². The highest BCUT2D eigenvalue weighted by molar-refractivity contribution is 8.00. The maximum atomic E-state index is 12.5. The molecule has 1 aromatic heterocycles. The van der Waals surface area contributed by atoms with Crippen LogP contribution in [0.2, 0.25) is 0 Å². The van der Waals surface area contributed by atoms with Crippen LogP contribution in [-0.4, -0.2) is 33.8 Å². The van der Waals surface area contributed by atoms with Gasteiger partial charge in [-0.2, -0.15) is 0 Å². The molecule has 0 bridgehead atoms. The third-order valence-corrected chi connectivity index (χ3v) is 4.99. The average molecular weight is 364 g/mol. The van der Waals surface area contributed by atoms with E-state index in [1.54, 1.807) is 12.1 Å². The molecule has 128 valence electrons. The Bertz CT molecular complexity index is 716. The smallest absolute Gasteiger partial charge is 0.258 e. The molecule has 0 spiro atoms. The van der Waals surface area contributed by atoms with Gasteiger partial charge in [-0.05, 0) is 32.4 Å². The molecule has 24 heavy (non-hydrogen) atoms. The summed E-state index contributed by atoms with van der Waals surface area (Å²) in [6.45, 7) is 5.81. The lowest BCUT2D eigenvalue weighted by Crippen LogP contribution is -2.31.